The smallest absolute Gasteiger partial charge is 0.261 e. The first-order chi connectivity index (χ1) is 9.31. The van der Waals surface area contributed by atoms with Crippen molar-refractivity contribution in [2.75, 3.05) is 32.0 Å². The Balaban J connectivity index is -0.0000000995. The molecule has 15 heteroatoms. The number of aliphatic hydroxyl groups excluding tert-OH is 3. The van der Waals surface area contributed by atoms with E-state index in [1.54, 1.807) is 0 Å². The fourth-order valence-electron chi connectivity index (χ4n) is 0.240. The molecule has 0 saturated heterocycles. The molecular weight excluding hydrogens is 372 g/mol. The molecule has 0 rings (SSSR count). The van der Waals surface area contributed by atoms with Crippen molar-refractivity contribution in [1.29, 1.82) is 0 Å². The topological polar surface area (TPSA) is 224 Å². The van der Waals surface area contributed by atoms with E-state index in [-0.39, 0.29) is 19.6 Å². The van der Waals surface area contributed by atoms with Gasteiger partial charge in [0.25, 0.3) is 30.4 Å². The monoisotopic (exact) mass is 394 g/mol. The van der Waals surface area contributed by atoms with Gasteiger partial charge in [0, 0.05) is 6.61 Å². The second-order valence-electron chi connectivity index (χ2n) is 3.55. The maximum atomic E-state index is 9.19. The van der Waals surface area contributed by atoms with Crippen LogP contribution >= 0.6 is 0 Å². The quantitative estimate of drug-likeness (QED) is 0.268. The number of aliphatic hydroxyl groups is 3. The van der Waals surface area contributed by atoms with E-state index in [9.17, 15) is 25.3 Å². The molecule has 1 atom stereocenters. The number of hydrogen-bond donors (Lipinski definition) is 6. The van der Waals surface area contributed by atoms with Crippen LogP contribution in [-0.2, 0) is 30.4 Å². The van der Waals surface area contributed by atoms with Crippen molar-refractivity contribution in [2.24, 2.45) is 0 Å². The summed E-state index contributed by atoms with van der Waals surface area (Å²) in [7, 11) is -11.0. The summed E-state index contributed by atoms with van der Waals surface area (Å²) in [5.74, 6) is 0. The van der Waals surface area contributed by atoms with Crippen LogP contribution in [-0.4, -0.2) is 92.3 Å². The van der Waals surface area contributed by atoms with E-state index >= 15 is 0 Å². The standard InChI is InChI=1S/C4H10O3.3CH4O3S/c5-2-1-4(7)3-6;3*1-5(2,3)4/h4-7H,1-3H2;3*1H3,(H,2,3,4)/t4-;;;/m1.../s1. The molecule has 0 amide bonds. The highest BCUT2D eigenvalue weighted by molar-refractivity contribution is 7.85. The molecule has 0 aromatic heterocycles. The van der Waals surface area contributed by atoms with Crippen molar-refractivity contribution in [1.82, 2.24) is 0 Å². The van der Waals surface area contributed by atoms with Crippen LogP contribution < -0.4 is 0 Å². The van der Waals surface area contributed by atoms with Gasteiger partial charge in [-0.05, 0) is 6.42 Å². The van der Waals surface area contributed by atoms with Crippen LogP contribution in [0.5, 0.6) is 0 Å². The van der Waals surface area contributed by atoms with Gasteiger partial charge in [-0.1, -0.05) is 0 Å². The van der Waals surface area contributed by atoms with Gasteiger partial charge in [0.2, 0.25) is 0 Å². The van der Waals surface area contributed by atoms with E-state index in [0.717, 1.165) is 0 Å². The van der Waals surface area contributed by atoms with Crippen molar-refractivity contribution in [3.8, 4) is 0 Å². The van der Waals surface area contributed by atoms with Gasteiger partial charge in [-0.15, -0.1) is 0 Å². The Bertz CT molecular complexity index is 436. The minimum atomic E-state index is -3.67. The number of rotatable bonds is 3. The van der Waals surface area contributed by atoms with Crippen LogP contribution in [0.1, 0.15) is 6.42 Å². The Hall–Kier alpha value is -0.390. The van der Waals surface area contributed by atoms with Crippen molar-refractivity contribution in [3.05, 3.63) is 0 Å². The molecule has 0 aromatic rings. The predicted molar refractivity (Wildman–Crippen MR) is 77.2 cm³/mol. The van der Waals surface area contributed by atoms with Gasteiger partial charge in [0.1, 0.15) is 0 Å². The molecule has 0 fully saturated rings. The van der Waals surface area contributed by atoms with Crippen LogP contribution in [0.15, 0.2) is 0 Å². The molecule has 0 heterocycles. The summed E-state index contributed by atoms with van der Waals surface area (Å²) in [5.41, 5.74) is 0. The van der Waals surface area contributed by atoms with Crippen molar-refractivity contribution < 1.29 is 54.2 Å². The zero-order chi connectivity index (χ0) is 19.2. The summed E-state index contributed by atoms with van der Waals surface area (Å²) >= 11 is 0. The van der Waals surface area contributed by atoms with Crippen molar-refractivity contribution >= 4 is 30.4 Å². The Kier molecular flexibility index (Phi) is 19.1. The molecule has 0 saturated carbocycles. The van der Waals surface area contributed by atoms with Crippen LogP contribution in [0.2, 0.25) is 0 Å². The lowest BCUT2D eigenvalue weighted by atomic mass is 10.3. The third-order valence-electron chi connectivity index (χ3n) is 0.673. The van der Waals surface area contributed by atoms with Gasteiger partial charge >= 0.3 is 0 Å². The Morgan fingerprint density at radius 3 is 0.955 bits per heavy atom. The fraction of sp³-hybridized carbons (Fsp3) is 1.00. The molecular formula is C7H22O12S3. The average Bonchev–Trinajstić information content (AvgIpc) is 2.09. The van der Waals surface area contributed by atoms with Crippen LogP contribution in [0, 0.1) is 0 Å². The lowest BCUT2D eigenvalue weighted by Gasteiger charge is -2.00. The fourth-order valence-corrected chi connectivity index (χ4v) is 0.240. The maximum Gasteiger partial charge on any atom is 0.261 e. The summed E-state index contributed by atoms with van der Waals surface area (Å²) < 4.78 is 77.6. The van der Waals surface area contributed by atoms with Crippen molar-refractivity contribution in [3.63, 3.8) is 0 Å². The van der Waals surface area contributed by atoms with Gasteiger partial charge < -0.3 is 15.3 Å². The summed E-state index contributed by atoms with van der Waals surface area (Å²) in [5, 5.41) is 24.6. The molecule has 12 nitrogen and oxygen atoms in total. The van der Waals surface area contributed by atoms with Crippen LogP contribution in [0.3, 0.4) is 0 Å². The first-order valence-electron chi connectivity index (χ1n) is 4.98. The summed E-state index contributed by atoms with van der Waals surface area (Å²) in [6, 6.07) is 0. The first-order valence-corrected chi connectivity index (χ1v) is 10.5. The van der Waals surface area contributed by atoms with Gasteiger partial charge in [-0.25, -0.2) is 0 Å². The normalized spacial score (nSPS) is 12.4. The van der Waals surface area contributed by atoms with E-state index in [1.165, 1.54) is 0 Å². The van der Waals surface area contributed by atoms with E-state index in [0.29, 0.717) is 18.8 Å². The summed E-state index contributed by atoms with van der Waals surface area (Å²) in [6.07, 6.45) is 1.66. The summed E-state index contributed by atoms with van der Waals surface area (Å²) in [4.78, 5) is 0. The first kappa shape index (κ1) is 29.6. The molecule has 22 heavy (non-hydrogen) atoms. The predicted octanol–water partition coefficient (Wildman–Crippen LogP) is -2.77. The lowest BCUT2D eigenvalue weighted by molar-refractivity contribution is 0.0721. The van der Waals surface area contributed by atoms with E-state index in [4.69, 9.17) is 29.0 Å². The molecule has 0 aliphatic heterocycles. The maximum absolute atomic E-state index is 9.19. The zero-order valence-corrected chi connectivity index (χ0v) is 14.5. The average molecular weight is 394 g/mol. The highest BCUT2D eigenvalue weighted by Gasteiger charge is 1.96. The Labute approximate surface area is 129 Å². The molecule has 0 radical (unpaired) electrons. The number of hydrogen-bond acceptors (Lipinski definition) is 9. The Morgan fingerprint density at radius 2 is 0.909 bits per heavy atom. The molecule has 0 aromatic carbocycles. The third-order valence-corrected chi connectivity index (χ3v) is 0.673. The van der Waals surface area contributed by atoms with E-state index in [1.807, 2.05) is 0 Å². The van der Waals surface area contributed by atoms with Gasteiger partial charge in [-0.2, -0.15) is 25.3 Å². The minimum Gasteiger partial charge on any atom is -0.396 e. The second-order valence-corrected chi connectivity index (χ2v) is 7.95. The molecule has 140 valence electrons. The van der Waals surface area contributed by atoms with Gasteiger partial charge in [0.05, 0.1) is 31.5 Å². The highest BCUT2D eigenvalue weighted by atomic mass is 32.2. The van der Waals surface area contributed by atoms with Gasteiger partial charge in [-0.3, -0.25) is 13.7 Å². The summed E-state index contributed by atoms with van der Waals surface area (Å²) in [6.45, 7) is -0.331. The van der Waals surface area contributed by atoms with Crippen LogP contribution in [0.4, 0.5) is 0 Å². The minimum absolute atomic E-state index is 0.0677. The highest BCUT2D eigenvalue weighted by Crippen LogP contribution is 1.84. The largest absolute Gasteiger partial charge is 0.396 e. The Morgan fingerprint density at radius 1 is 0.727 bits per heavy atom. The third kappa shape index (κ3) is 320. The molecule has 0 aliphatic carbocycles. The molecule has 0 aliphatic rings. The molecule has 0 unspecified atom stereocenters. The lowest BCUT2D eigenvalue weighted by Crippen LogP contribution is -2.12. The SMILES string of the molecule is CS(=O)(=O)O.CS(=O)(=O)O.CS(=O)(=O)O.OCC[C@@H](O)CO. The second kappa shape index (κ2) is 14.2. The van der Waals surface area contributed by atoms with E-state index < -0.39 is 36.5 Å². The molecule has 0 bridgehead atoms. The van der Waals surface area contributed by atoms with Gasteiger partial charge in [0.15, 0.2) is 0 Å². The van der Waals surface area contributed by atoms with Crippen molar-refractivity contribution in [2.45, 2.75) is 12.5 Å². The van der Waals surface area contributed by atoms with E-state index in [2.05, 4.69) is 0 Å². The molecule has 6 N–H and O–H groups in total. The van der Waals surface area contributed by atoms with Crippen LogP contribution in [0.25, 0.3) is 0 Å². The molecule has 0 spiro atoms. The zero-order valence-electron chi connectivity index (χ0n) is 12.1.